The van der Waals surface area contributed by atoms with E-state index in [0.717, 1.165) is 10.6 Å². The number of aliphatic carboxylic acids is 1. The minimum Gasteiger partial charge on any atom is -0.481 e. The molecule has 0 unspecified atom stereocenters. The highest BCUT2D eigenvalue weighted by Crippen LogP contribution is 2.18. The van der Waals surface area contributed by atoms with E-state index in [9.17, 15) is 13.2 Å². The number of carboxylic acid groups (broad SMARTS) is 1. The van der Waals surface area contributed by atoms with Crippen LogP contribution in [0.2, 0.25) is 0 Å². The van der Waals surface area contributed by atoms with Crippen LogP contribution in [0.5, 0.6) is 0 Å². The molecule has 0 amide bonds. The highest BCUT2D eigenvalue weighted by Gasteiger charge is 2.20. The largest absolute Gasteiger partial charge is 0.481 e. The average Bonchev–Trinajstić information content (AvgIpc) is 2.18. The summed E-state index contributed by atoms with van der Waals surface area (Å²) in [6.45, 7) is 1.60. The number of aryl methyl sites for hydroxylation is 1. The lowest BCUT2D eigenvalue weighted by Gasteiger charge is -2.21. The van der Waals surface area contributed by atoms with Crippen LogP contribution < -0.4 is 4.31 Å². The van der Waals surface area contributed by atoms with E-state index in [0.29, 0.717) is 5.56 Å². The molecule has 0 radical (unpaired) electrons. The molecular weight excluding hydrogens is 244 g/mol. The Balaban J connectivity index is 3.08. The second kappa shape index (κ2) is 5.13. The number of aromatic nitrogens is 1. The molecule has 94 valence electrons. The van der Waals surface area contributed by atoms with Gasteiger partial charge in [-0.05, 0) is 18.6 Å². The van der Waals surface area contributed by atoms with Gasteiger partial charge in [0.2, 0.25) is 10.0 Å². The Bertz CT molecular complexity index is 513. The van der Waals surface area contributed by atoms with Crippen LogP contribution in [0, 0.1) is 6.92 Å². The van der Waals surface area contributed by atoms with Gasteiger partial charge in [-0.2, -0.15) is 0 Å². The molecule has 1 N–H and O–H groups in total. The fraction of sp³-hybridized carbons (Fsp3) is 0.400. The van der Waals surface area contributed by atoms with Crippen molar-refractivity contribution in [1.29, 1.82) is 0 Å². The van der Waals surface area contributed by atoms with Crippen LogP contribution >= 0.6 is 0 Å². The maximum absolute atomic E-state index is 11.6. The lowest BCUT2D eigenvalue weighted by Crippen LogP contribution is -2.33. The second-order valence-corrected chi connectivity index (χ2v) is 5.53. The van der Waals surface area contributed by atoms with Crippen molar-refractivity contribution in [3.63, 3.8) is 0 Å². The molecule has 1 aromatic rings. The number of anilines is 1. The molecule has 17 heavy (non-hydrogen) atoms. The highest BCUT2D eigenvalue weighted by atomic mass is 32.2. The molecule has 1 aromatic heterocycles. The Morgan fingerprint density at radius 1 is 1.53 bits per heavy atom. The zero-order valence-electron chi connectivity index (χ0n) is 9.62. The minimum absolute atomic E-state index is 0.119. The van der Waals surface area contributed by atoms with Gasteiger partial charge in [-0.15, -0.1) is 0 Å². The average molecular weight is 258 g/mol. The van der Waals surface area contributed by atoms with Gasteiger partial charge in [0.25, 0.3) is 0 Å². The number of pyridine rings is 1. The third kappa shape index (κ3) is 3.70. The van der Waals surface area contributed by atoms with Crippen molar-refractivity contribution in [1.82, 2.24) is 4.98 Å². The Kier molecular flexibility index (Phi) is 4.06. The van der Waals surface area contributed by atoms with Crippen LogP contribution in [0.3, 0.4) is 0 Å². The lowest BCUT2D eigenvalue weighted by molar-refractivity contribution is -0.136. The molecule has 0 atom stereocenters. The first-order valence-corrected chi connectivity index (χ1v) is 6.78. The molecule has 0 aliphatic carbocycles. The van der Waals surface area contributed by atoms with E-state index in [1.54, 1.807) is 19.1 Å². The summed E-state index contributed by atoms with van der Waals surface area (Å²) in [6, 6.07) is 3.41. The molecular formula is C10H14N2O4S. The molecule has 0 aliphatic rings. The Morgan fingerprint density at radius 2 is 2.18 bits per heavy atom. The summed E-state index contributed by atoms with van der Waals surface area (Å²) in [5.41, 5.74) is 0.684. The first-order chi connectivity index (χ1) is 7.82. The Hall–Kier alpha value is -1.63. The van der Waals surface area contributed by atoms with Crippen molar-refractivity contribution in [2.24, 2.45) is 0 Å². The minimum atomic E-state index is -3.53. The molecule has 6 nitrogen and oxygen atoms in total. The van der Waals surface area contributed by atoms with Gasteiger partial charge in [-0.25, -0.2) is 13.4 Å². The van der Waals surface area contributed by atoms with Crippen LogP contribution in [0.1, 0.15) is 12.0 Å². The van der Waals surface area contributed by atoms with Gasteiger partial charge in [0.05, 0.1) is 12.7 Å². The summed E-state index contributed by atoms with van der Waals surface area (Å²) >= 11 is 0. The van der Waals surface area contributed by atoms with E-state index in [1.165, 1.54) is 6.20 Å². The molecule has 0 fully saturated rings. The van der Waals surface area contributed by atoms with Gasteiger partial charge in [-0.1, -0.05) is 6.07 Å². The molecule has 0 saturated carbocycles. The summed E-state index contributed by atoms with van der Waals surface area (Å²) in [4.78, 5) is 14.5. The number of hydrogen-bond acceptors (Lipinski definition) is 4. The smallest absolute Gasteiger partial charge is 0.305 e. The highest BCUT2D eigenvalue weighted by molar-refractivity contribution is 7.92. The van der Waals surface area contributed by atoms with Crippen molar-refractivity contribution >= 4 is 21.8 Å². The second-order valence-electron chi connectivity index (χ2n) is 3.62. The van der Waals surface area contributed by atoms with Crippen LogP contribution in [0.25, 0.3) is 0 Å². The summed E-state index contributed by atoms with van der Waals surface area (Å²) in [6.07, 6.45) is 2.24. The number of hydrogen-bond donors (Lipinski definition) is 1. The zero-order chi connectivity index (χ0) is 13.1. The number of rotatable bonds is 5. The monoisotopic (exact) mass is 258 g/mol. The van der Waals surface area contributed by atoms with E-state index in [4.69, 9.17) is 5.11 Å². The SMILES string of the molecule is Cc1cccnc1N(CCC(=O)O)S(C)(=O)=O. The normalized spacial score (nSPS) is 11.2. The zero-order valence-corrected chi connectivity index (χ0v) is 10.4. The van der Waals surface area contributed by atoms with Crippen LogP contribution in [0.15, 0.2) is 18.3 Å². The van der Waals surface area contributed by atoms with Gasteiger partial charge in [0.1, 0.15) is 5.82 Å². The number of carboxylic acids is 1. The third-order valence-electron chi connectivity index (χ3n) is 2.15. The summed E-state index contributed by atoms with van der Waals surface area (Å²) in [5.74, 6) is -0.775. The maximum Gasteiger partial charge on any atom is 0.305 e. The van der Waals surface area contributed by atoms with Gasteiger partial charge < -0.3 is 5.11 Å². The van der Waals surface area contributed by atoms with Crippen molar-refractivity contribution in [3.8, 4) is 0 Å². The van der Waals surface area contributed by atoms with Gasteiger partial charge in [0.15, 0.2) is 0 Å². The van der Waals surface area contributed by atoms with E-state index < -0.39 is 16.0 Å². The Morgan fingerprint density at radius 3 is 2.65 bits per heavy atom. The lowest BCUT2D eigenvalue weighted by atomic mass is 10.3. The molecule has 1 heterocycles. The Labute approximate surface area is 100.0 Å². The summed E-state index contributed by atoms with van der Waals surface area (Å²) in [7, 11) is -3.53. The number of nitrogens with zero attached hydrogens (tertiary/aromatic N) is 2. The predicted octanol–water partition coefficient (Wildman–Crippen LogP) is 0.631. The molecule has 1 rings (SSSR count). The van der Waals surface area contributed by atoms with Gasteiger partial charge in [0, 0.05) is 12.7 Å². The topological polar surface area (TPSA) is 87.6 Å². The fourth-order valence-electron chi connectivity index (χ4n) is 1.36. The van der Waals surface area contributed by atoms with Crippen molar-refractivity contribution in [3.05, 3.63) is 23.9 Å². The molecule has 0 aliphatic heterocycles. The first-order valence-electron chi connectivity index (χ1n) is 4.93. The maximum atomic E-state index is 11.6. The van der Waals surface area contributed by atoms with Crippen LogP contribution in [-0.2, 0) is 14.8 Å². The van der Waals surface area contributed by atoms with Crippen molar-refractivity contribution in [2.45, 2.75) is 13.3 Å². The quantitative estimate of drug-likeness (QED) is 0.837. The summed E-state index contributed by atoms with van der Waals surface area (Å²) in [5, 5.41) is 8.60. The molecule has 0 spiro atoms. The predicted molar refractivity (Wildman–Crippen MR) is 63.4 cm³/mol. The standard InChI is InChI=1S/C10H14N2O4S/c1-8-4-3-6-11-10(8)12(17(2,15)16)7-5-9(13)14/h3-4,6H,5,7H2,1-2H3,(H,13,14). The van der Waals surface area contributed by atoms with Crippen molar-refractivity contribution in [2.75, 3.05) is 17.1 Å². The molecule has 0 saturated heterocycles. The number of carbonyl (C=O) groups is 1. The molecule has 0 bridgehead atoms. The van der Waals surface area contributed by atoms with E-state index in [-0.39, 0.29) is 18.8 Å². The van der Waals surface area contributed by atoms with Crippen molar-refractivity contribution < 1.29 is 18.3 Å². The van der Waals surface area contributed by atoms with E-state index >= 15 is 0 Å². The summed E-state index contributed by atoms with van der Waals surface area (Å²) < 4.78 is 24.2. The molecule has 7 heteroatoms. The fourth-order valence-corrected chi connectivity index (χ4v) is 2.29. The van der Waals surface area contributed by atoms with E-state index in [1.807, 2.05) is 0 Å². The first kappa shape index (κ1) is 13.4. The van der Waals surface area contributed by atoms with Gasteiger partial charge in [-0.3, -0.25) is 9.10 Å². The van der Waals surface area contributed by atoms with Crippen LogP contribution in [0.4, 0.5) is 5.82 Å². The van der Waals surface area contributed by atoms with Gasteiger partial charge >= 0.3 is 5.97 Å². The van der Waals surface area contributed by atoms with Crippen LogP contribution in [-0.4, -0.2) is 37.3 Å². The van der Waals surface area contributed by atoms with E-state index in [2.05, 4.69) is 4.98 Å². The third-order valence-corrected chi connectivity index (χ3v) is 3.30. The molecule has 0 aromatic carbocycles. The number of sulfonamides is 1.